The summed E-state index contributed by atoms with van der Waals surface area (Å²) in [6.07, 6.45) is 3.47. The molecule has 5 heteroatoms. The van der Waals surface area contributed by atoms with Gasteiger partial charge in [-0.1, -0.05) is 12.1 Å². The number of nitrogens with zero attached hydrogens (tertiary/aromatic N) is 1. The molecule has 0 fully saturated rings. The minimum atomic E-state index is 0.0398. The molecular formula is C16H20N2O3. The monoisotopic (exact) mass is 288 g/mol. The quantitative estimate of drug-likeness (QED) is 0.849. The Bertz CT molecular complexity index is 593. The molecule has 0 saturated carbocycles. The minimum Gasteiger partial charge on any atom is -0.497 e. The maximum Gasteiger partial charge on any atom is 0.220 e. The maximum atomic E-state index is 11.8. The lowest BCUT2D eigenvalue weighted by molar-refractivity contribution is -0.121. The maximum absolute atomic E-state index is 11.8. The van der Waals surface area contributed by atoms with Crippen molar-refractivity contribution in [3.63, 3.8) is 0 Å². The highest BCUT2D eigenvalue weighted by Gasteiger charge is 2.04. The Labute approximate surface area is 124 Å². The number of carbonyl (C=O) groups excluding carboxylic acids is 1. The second-order valence-corrected chi connectivity index (χ2v) is 4.81. The molecule has 2 rings (SSSR count). The number of amides is 1. The molecule has 1 amide bonds. The largest absolute Gasteiger partial charge is 0.497 e. The first-order valence-electron chi connectivity index (χ1n) is 6.98. The van der Waals surface area contributed by atoms with Gasteiger partial charge in [-0.05, 0) is 24.1 Å². The van der Waals surface area contributed by atoms with Crippen molar-refractivity contribution in [3.8, 4) is 5.75 Å². The molecule has 5 nitrogen and oxygen atoms in total. The number of hydrogen-bond acceptors (Lipinski definition) is 4. The number of oxazole rings is 1. The number of carbonyl (C=O) groups is 1. The predicted molar refractivity (Wildman–Crippen MR) is 79.3 cm³/mol. The lowest BCUT2D eigenvalue weighted by Gasteiger charge is -2.05. The molecule has 0 atom stereocenters. The molecule has 1 heterocycles. The first-order valence-corrected chi connectivity index (χ1v) is 6.98. The molecule has 21 heavy (non-hydrogen) atoms. The zero-order valence-electron chi connectivity index (χ0n) is 12.4. The zero-order chi connectivity index (χ0) is 15.1. The van der Waals surface area contributed by atoms with E-state index in [0.29, 0.717) is 31.7 Å². The van der Waals surface area contributed by atoms with Gasteiger partial charge in [0, 0.05) is 26.3 Å². The Morgan fingerprint density at radius 1 is 1.38 bits per heavy atom. The van der Waals surface area contributed by atoms with Crippen molar-refractivity contribution < 1.29 is 13.9 Å². The van der Waals surface area contributed by atoms with Gasteiger partial charge in [0.1, 0.15) is 12.0 Å². The molecule has 1 N–H and O–H groups in total. The van der Waals surface area contributed by atoms with Crippen LogP contribution in [0.3, 0.4) is 0 Å². The third kappa shape index (κ3) is 4.95. The van der Waals surface area contributed by atoms with E-state index in [2.05, 4.69) is 10.3 Å². The molecule has 0 spiro atoms. The standard InChI is InChI=1S/C16H20N2O3/c1-12-18-14(11-21-12)8-9-17-16(19)7-6-13-4-3-5-15(10-13)20-2/h3-5,10-11H,6-9H2,1-2H3,(H,17,19). The Balaban J connectivity index is 1.69. The van der Waals surface area contributed by atoms with Gasteiger partial charge >= 0.3 is 0 Å². The van der Waals surface area contributed by atoms with Gasteiger partial charge in [-0.3, -0.25) is 4.79 Å². The number of hydrogen-bond donors (Lipinski definition) is 1. The second-order valence-electron chi connectivity index (χ2n) is 4.81. The number of rotatable bonds is 7. The van der Waals surface area contributed by atoms with E-state index in [1.54, 1.807) is 20.3 Å². The second kappa shape index (κ2) is 7.47. The summed E-state index contributed by atoms with van der Waals surface area (Å²) in [6, 6.07) is 7.77. The van der Waals surface area contributed by atoms with Gasteiger partial charge in [-0.2, -0.15) is 0 Å². The first-order chi connectivity index (χ1) is 10.2. The lowest BCUT2D eigenvalue weighted by Crippen LogP contribution is -2.25. The molecule has 0 radical (unpaired) electrons. The molecule has 0 saturated heterocycles. The Morgan fingerprint density at radius 3 is 2.95 bits per heavy atom. The van der Waals surface area contributed by atoms with Crippen molar-refractivity contribution in [2.24, 2.45) is 0 Å². The van der Waals surface area contributed by atoms with Crippen LogP contribution in [-0.4, -0.2) is 24.5 Å². The molecule has 1 aromatic carbocycles. The van der Waals surface area contributed by atoms with Crippen molar-refractivity contribution in [1.29, 1.82) is 0 Å². The normalized spacial score (nSPS) is 10.4. The highest BCUT2D eigenvalue weighted by atomic mass is 16.5. The van der Waals surface area contributed by atoms with E-state index in [1.165, 1.54) is 0 Å². The highest BCUT2D eigenvalue weighted by Crippen LogP contribution is 2.13. The fraction of sp³-hybridized carbons (Fsp3) is 0.375. The van der Waals surface area contributed by atoms with Gasteiger partial charge < -0.3 is 14.5 Å². The van der Waals surface area contributed by atoms with Crippen molar-refractivity contribution in [2.75, 3.05) is 13.7 Å². The van der Waals surface area contributed by atoms with Gasteiger partial charge in [-0.25, -0.2) is 4.98 Å². The summed E-state index contributed by atoms with van der Waals surface area (Å²) in [7, 11) is 1.64. The van der Waals surface area contributed by atoms with E-state index in [-0.39, 0.29) is 5.91 Å². The smallest absolute Gasteiger partial charge is 0.220 e. The van der Waals surface area contributed by atoms with E-state index in [0.717, 1.165) is 17.0 Å². The van der Waals surface area contributed by atoms with Crippen LogP contribution in [-0.2, 0) is 17.6 Å². The van der Waals surface area contributed by atoms with Crippen LogP contribution in [0.2, 0.25) is 0 Å². The molecule has 1 aromatic heterocycles. The molecule has 0 aliphatic rings. The lowest BCUT2D eigenvalue weighted by atomic mass is 10.1. The van der Waals surface area contributed by atoms with Crippen molar-refractivity contribution >= 4 is 5.91 Å². The van der Waals surface area contributed by atoms with E-state index in [4.69, 9.17) is 9.15 Å². The van der Waals surface area contributed by atoms with E-state index in [9.17, 15) is 4.79 Å². The molecule has 0 aliphatic carbocycles. The van der Waals surface area contributed by atoms with Crippen molar-refractivity contribution in [1.82, 2.24) is 10.3 Å². The summed E-state index contributed by atoms with van der Waals surface area (Å²) in [5.41, 5.74) is 1.96. The van der Waals surface area contributed by atoms with Crippen LogP contribution in [0, 0.1) is 6.92 Å². The fourth-order valence-corrected chi connectivity index (χ4v) is 2.03. The van der Waals surface area contributed by atoms with E-state index < -0.39 is 0 Å². The zero-order valence-corrected chi connectivity index (χ0v) is 12.4. The van der Waals surface area contributed by atoms with Crippen LogP contribution in [0.1, 0.15) is 23.6 Å². The van der Waals surface area contributed by atoms with Crippen LogP contribution >= 0.6 is 0 Å². The highest BCUT2D eigenvalue weighted by molar-refractivity contribution is 5.76. The third-order valence-electron chi connectivity index (χ3n) is 3.14. The predicted octanol–water partition coefficient (Wildman–Crippen LogP) is 2.28. The third-order valence-corrected chi connectivity index (χ3v) is 3.14. The van der Waals surface area contributed by atoms with Gasteiger partial charge in [0.15, 0.2) is 5.89 Å². The SMILES string of the molecule is COc1cccc(CCC(=O)NCCc2coc(C)n2)c1. The first kappa shape index (κ1) is 15.1. The van der Waals surface area contributed by atoms with Crippen LogP contribution in [0.25, 0.3) is 0 Å². The summed E-state index contributed by atoms with van der Waals surface area (Å²) < 4.78 is 10.3. The topological polar surface area (TPSA) is 64.4 Å². The average Bonchev–Trinajstić information content (AvgIpc) is 2.91. The number of aryl methyl sites for hydroxylation is 2. The van der Waals surface area contributed by atoms with Gasteiger partial charge in [0.25, 0.3) is 0 Å². The Hall–Kier alpha value is -2.30. The van der Waals surface area contributed by atoms with Crippen molar-refractivity contribution in [3.05, 3.63) is 47.7 Å². The Kier molecular flexibility index (Phi) is 5.37. The molecule has 112 valence electrons. The summed E-state index contributed by atoms with van der Waals surface area (Å²) in [5.74, 6) is 1.50. The van der Waals surface area contributed by atoms with E-state index in [1.807, 2.05) is 24.3 Å². The van der Waals surface area contributed by atoms with Gasteiger partial charge in [0.2, 0.25) is 5.91 Å². The van der Waals surface area contributed by atoms with Gasteiger partial charge in [-0.15, -0.1) is 0 Å². The number of methoxy groups -OCH3 is 1. The fourth-order valence-electron chi connectivity index (χ4n) is 2.03. The summed E-state index contributed by atoms with van der Waals surface area (Å²) >= 11 is 0. The summed E-state index contributed by atoms with van der Waals surface area (Å²) in [4.78, 5) is 16.0. The number of benzene rings is 1. The molecular weight excluding hydrogens is 268 g/mol. The van der Waals surface area contributed by atoms with Crippen molar-refractivity contribution in [2.45, 2.75) is 26.2 Å². The van der Waals surface area contributed by atoms with Crippen LogP contribution < -0.4 is 10.1 Å². The molecule has 0 aliphatic heterocycles. The van der Waals surface area contributed by atoms with Crippen LogP contribution in [0.5, 0.6) is 5.75 Å². The van der Waals surface area contributed by atoms with Gasteiger partial charge in [0.05, 0.1) is 12.8 Å². The average molecular weight is 288 g/mol. The number of ether oxygens (including phenoxy) is 1. The molecule has 2 aromatic rings. The van der Waals surface area contributed by atoms with Crippen LogP contribution in [0.4, 0.5) is 0 Å². The Morgan fingerprint density at radius 2 is 2.24 bits per heavy atom. The summed E-state index contributed by atoms with van der Waals surface area (Å²) in [6.45, 7) is 2.37. The summed E-state index contributed by atoms with van der Waals surface area (Å²) in [5, 5.41) is 2.89. The number of aromatic nitrogens is 1. The minimum absolute atomic E-state index is 0.0398. The molecule has 0 unspecified atom stereocenters. The molecule has 0 bridgehead atoms. The number of nitrogens with one attached hydrogen (secondary N) is 1. The van der Waals surface area contributed by atoms with E-state index >= 15 is 0 Å². The van der Waals surface area contributed by atoms with Crippen LogP contribution in [0.15, 0.2) is 34.9 Å².